The highest BCUT2D eigenvalue weighted by Crippen LogP contribution is 2.32. The highest BCUT2D eigenvalue weighted by atomic mass is 16.5. The fraction of sp³-hybridized carbons (Fsp3) is 0.424. The van der Waals surface area contributed by atoms with Gasteiger partial charge in [0.1, 0.15) is 18.2 Å². The van der Waals surface area contributed by atoms with Gasteiger partial charge in [-0.2, -0.15) is 10.2 Å². The van der Waals surface area contributed by atoms with Crippen molar-refractivity contribution in [3.63, 3.8) is 0 Å². The Hall–Kier alpha value is -3.71. The fourth-order valence-corrected chi connectivity index (χ4v) is 6.02. The summed E-state index contributed by atoms with van der Waals surface area (Å²) in [6.45, 7) is 13.0. The molecular formula is C33H40N6O. The first-order valence-electron chi connectivity index (χ1n) is 14.6. The molecule has 0 radical (unpaired) electrons. The van der Waals surface area contributed by atoms with E-state index < -0.39 is 0 Å². The molecule has 40 heavy (non-hydrogen) atoms. The van der Waals surface area contributed by atoms with Crippen LogP contribution in [0.5, 0.6) is 5.75 Å². The third kappa shape index (κ3) is 5.61. The molecule has 3 heterocycles. The number of aromatic amines is 2. The minimum absolute atomic E-state index is 0.145. The summed E-state index contributed by atoms with van der Waals surface area (Å²) >= 11 is 0. The summed E-state index contributed by atoms with van der Waals surface area (Å²) in [7, 11) is 0. The van der Waals surface area contributed by atoms with Gasteiger partial charge in [0, 0.05) is 41.6 Å². The van der Waals surface area contributed by atoms with Crippen LogP contribution in [0.1, 0.15) is 59.7 Å². The van der Waals surface area contributed by atoms with E-state index in [1.807, 2.05) is 6.07 Å². The average Bonchev–Trinajstić information content (AvgIpc) is 3.56. The van der Waals surface area contributed by atoms with E-state index in [1.54, 1.807) is 0 Å². The van der Waals surface area contributed by atoms with Crippen molar-refractivity contribution in [2.75, 3.05) is 13.2 Å². The van der Waals surface area contributed by atoms with E-state index in [1.165, 1.54) is 19.3 Å². The maximum atomic E-state index is 6.18. The minimum atomic E-state index is 0.145. The summed E-state index contributed by atoms with van der Waals surface area (Å²) in [6.07, 6.45) is 4.75. The predicted molar refractivity (Wildman–Crippen MR) is 163 cm³/mol. The molecule has 0 unspecified atom stereocenters. The molecule has 1 fully saturated rings. The van der Waals surface area contributed by atoms with Gasteiger partial charge in [-0.1, -0.05) is 45.4 Å². The second-order valence-corrected chi connectivity index (χ2v) is 12.6. The lowest BCUT2D eigenvalue weighted by molar-refractivity contribution is 0.0852. The van der Waals surface area contributed by atoms with Crippen molar-refractivity contribution >= 4 is 21.7 Å². The Kier molecular flexibility index (Phi) is 7.09. The molecule has 7 heteroatoms. The lowest BCUT2D eigenvalue weighted by atomic mass is 9.92. The minimum Gasteiger partial charge on any atom is -0.492 e. The van der Waals surface area contributed by atoms with Crippen molar-refractivity contribution in [1.29, 1.82) is 0 Å². The molecule has 0 saturated carbocycles. The molecule has 1 aliphatic heterocycles. The number of H-pyrrole nitrogens is 2. The number of hydrogen-bond donors (Lipinski definition) is 2. The van der Waals surface area contributed by atoms with Gasteiger partial charge in [0.25, 0.3) is 0 Å². The summed E-state index contributed by atoms with van der Waals surface area (Å²) in [5, 5.41) is 18.8. The van der Waals surface area contributed by atoms with Crippen LogP contribution in [0.2, 0.25) is 0 Å². The number of fused-ring (bicyclic) bond motifs is 2. The van der Waals surface area contributed by atoms with Crippen LogP contribution < -0.4 is 4.74 Å². The zero-order chi connectivity index (χ0) is 27.9. The number of nitrogens with one attached hydrogen (secondary N) is 2. The summed E-state index contributed by atoms with van der Waals surface area (Å²) < 4.78 is 6.18. The van der Waals surface area contributed by atoms with Gasteiger partial charge in [-0.15, -0.1) is 0 Å². The number of likely N-dealkylation sites (tertiary alicyclic amines) is 1. The smallest absolute Gasteiger partial charge is 0.181 e. The number of benzene rings is 3. The second kappa shape index (κ2) is 10.7. The normalized spacial score (nSPS) is 18.5. The monoisotopic (exact) mass is 536 g/mol. The van der Waals surface area contributed by atoms with E-state index in [0.29, 0.717) is 24.5 Å². The fourth-order valence-electron chi connectivity index (χ4n) is 6.02. The predicted octanol–water partition coefficient (Wildman–Crippen LogP) is 7.40. The van der Waals surface area contributed by atoms with Crippen molar-refractivity contribution in [2.24, 2.45) is 5.41 Å². The van der Waals surface area contributed by atoms with Gasteiger partial charge in [-0.3, -0.25) is 15.1 Å². The maximum absolute atomic E-state index is 6.18. The van der Waals surface area contributed by atoms with Gasteiger partial charge < -0.3 is 4.74 Å². The van der Waals surface area contributed by atoms with Crippen molar-refractivity contribution in [3.05, 3.63) is 60.4 Å². The number of nitrogens with zero attached hydrogens (tertiary/aromatic N) is 4. The van der Waals surface area contributed by atoms with Crippen molar-refractivity contribution < 1.29 is 4.74 Å². The topological polar surface area (TPSA) is 82.7 Å². The molecular weight excluding hydrogens is 496 g/mol. The van der Waals surface area contributed by atoms with Crippen molar-refractivity contribution in [1.82, 2.24) is 30.3 Å². The Labute approximate surface area is 236 Å². The Morgan fingerprint density at radius 3 is 2.42 bits per heavy atom. The largest absolute Gasteiger partial charge is 0.492 e. The van der Waals surface area contributed by atoms with Gasteiger partial charge in [0.05, 0.1) is 11.2 Å². The molecule has 0 aliphatic carbocycles. The van der Waals surface area contributed by atoms with E-state index in [2.05, 4.69) is 108 Å². The van der Waals surface area contributed by atoms with Gasteiger partial charge >= 0.3 is 0 Å². The van der Waals surface area contributed by atoms with Gasteiger partial charge in [0.2, 0.25) is 0 Å². The Balaban J connectivity index is 1.20. The first kappa shape index (κ1) is 26.5. The highest BCUT2D eigenvalue weighted by molar-refractivity contribution is 5.97. The molecule has 2 aromatic heterocycles. The Morgan fingerprint density at radius 1 is 0.875 bits per heavy atom. The van der Waals surface area contributed by atoms with Crippen molar-refractivity contribution in [3.8, 4) is 28.4 Å². The molecule has 2 atom stereocenters. The molecule has 1 saturated heterocycles. The van der Waals surface area contributed by atoms with Crippen LogP contribution >= 0.6 is 0 Å². The van der Waals surface area contributed by atoms with Gasteiger partial charge in [-0.25, -0.2) is 4.98 Å². The molecule has 0 spiro atoms. The third-order valence-corrected chi connectivity index (χ3v) is 8.13. The molecule has 6 rings (SSSR count). The zero-order valence-electron chi connectivity index (χ0n) is 24.3. The summed E-state index contributed by atoms with van der Waals surface area (Å²) in [4.78, 5) is 7.34. The number of piperidine rings is 1. The summed E-state index contributed by atoms with van der Waals surface area (Å²) in [5.41, 5.74) is 4.11. The van der Waals surface area contributed by atoms with Crippen molar-refractivity contribution in [2.45, 2.75) is 72.4 Å². The average molecular weight is 537 g/mol. The first-order valence-corrected chi connectivity index (χ1v) is 14.6. The van der Waals surface area contributed by atoms with Crippen LogP contribution in [0.3, 0.4) is 0 Å². The number of hydrogen-bond acceptors (Lipinski definition) is 5. The standard InChI is InChI=1S/C33H40N6O/c1-21-7-6-8-22(2)39(21)15-16-40-27-13-11-23-17-25(10-9-24(23)18-27)31-28-19-26(12-14-29(28)35-37-31)32-34-30(36-38-32)20-33(3,4)5/h9-14,17-19,21-22H,6-8,15-16,20H2,1-5H3,(H,35,37)(H,34,36,38)/t21-,22+. The summed E-state index contributed by atoms with van der Waals surface area (Å²) in [5.74, 6) is 2.54. The number of rotatable bonds is 7. The molecule has 208 valence electrons. The van der Waals surface area contributed by atoms with Crippen LogP contribution in [0, 0.1) is 5.41 Å². The maximum Gasteiger partial charge on any atom is 0.181 e. The van der Waals surface area contributed by atoms with E-state index in [9.17, 15) is 0 Å². The number of ether oxygens (including phenoxy) is 1. The van der Waals surface area contributed by atoms with E-state index in [0.717, 1.165) is 63.0 Å². The van der Waals surface area contributed by atoms with Crippen LogP contribution in [0.15, 0.2) is 54.6 Å². The lowest BCUT2D eigenvalue weighted by Gasteiger charge is -2.38. The third-order valence-electron chi connectivity index (χ3n) is 8.13. The molecule has 0 bridgehead atoms. The van der Waals surface area contributed by atoms with E-state index in [4.69, 9.17) is 9.72 Å². The quantitative estimate of drug-likeness (QED) is 0.226. The molecule has 0 amide bonds. The summed E-state index contributed by atoms with van der Waals surface area (Å²) in [6, 6.07) is 20.4. The second-order valence-electron chi connectivity index (χ2n) is 12.6. The van der Waals surface area contributed by atoms with Crippen LogP contribution in [-0.2, 0) is 6.42 Å². The molecule has 3 aromatic carbocycles. The lowest BCUT2D eigenvalue weighted by Crippen LogP contribution is -2.45. The van der Waals surface area contributed by atoms with E-state index >= 15 is 0 Å². The number of aromatic nitrogens is 5. The molecule has 1 aliphatic rings. The van der Waals surface area contributed by atoms with Gasteiger partial charge in [-0.05, 0) is 79.3 Å². The van der Waals surface area contributed by atoms with Crippen LogP contribution in [0.25, 0.3) is 44.3 Å². The first-order chi connectivity index (χ1) is 19.2. The van der Waals surface area contributed by atoms with Crippen LogP contribution in [-0.4, -0.2) is 55.5 Å². The Bertz CT molecular complexity index is 1620. The molecule has 2 N–H and O–H groups in total. The SMILES string of the molecule is C[C@@H]1CCC[C@H](C)N1CCOc1ccc2cc(-c3n[nH]c4ccc(-c5n[nH]c(CC(C)(C)C)n5)cc34)ccc2c1. The highest BCUT2D eigenvalue weighted by Gasteiger charge is 2.24. The molecule has 5 aromatic rings. The molecule has 7 nitrogen and oxygen atoms in total. The van der Waals surface area contributed by atoms with Gasteiger partial charge in [0.15, 0.2) is 5.82 Å². The zero-order valence-corrected chi connectivity index (χ0v) is 24.3. The van der Waals surface area contributed by atoms with Crippen LogP contribution in [0.4, 0.5) is 0 Å². The Morgan fingerprint density at radius 2 is 1.62 bits per heavy atom. The van der Waals surface area contributed by atoms with E-state index in [-0.39, 0.29) is 5.41 Å².